The molecule has 0 N–H and O–H groups in total. The molecule has 2 aromatic carbocycles. The molecule has 0 spiro atoms. The van der Waals surface area contributed by atoms with Gasteiger partial charge in [0.15, 0.2) is 5.16 Å². The minimum atomic E-state index is -0.178. The lowest BCUT2D eigenvalue weighted by Crippen LogP contribution is -1.78. The van der Waals surface area contributed by atoms with Crippen LogP contribution in [0.2, 0.25) is 0 Å². The molecular weight excluding hydrogens is 275 g/mol. The highest BCUT2D eigenvalue weighted by Gasteiger charge is 2.03. The highest BCUT2D eigenvalue weighted by Crippen LogP contribution is 2.33. The molecule has 0 heterocycles. The van der Waals surface area contributed by atoms with E-state index in [1.807, 2.05) is 62.4 Å². The second-order valence-electron chi connectivity index (χ2n) is 4.17. The first-order valence-corrected chi connectivity index (χ1v) is 7.68. The van der Waals surface area contributed by atoms with Gasteiger partial charge in [-0.05, 0) is 37.1 Å². The lowest BCUT2D eigenvalue weighted by molar-refractivity contribution is 0.702. The van der Waals surface area contributed by atoms with Gasteiger partial charge >= 0.3 is 0 Å². The topological polar surface area (TPSA) is 0 Å². The second kappa shape index (κ2) is 6.83. The maximum Gasteiger partial charge on any atom is 0.167 e. The standard InChI is InChI=1S/C16H15FS2/c1-12-7-3-5-9-14(12)18-11-16(17)19-15-10-6-4-8-13(15)2/h3-11H,1-2H3/b16-11+. The molecule has 2 aromatic rings. The molecular formula is C16H15FS2. The van der Waals surface area contributed by atoms with Gasteiger partial charge in [-0.25, -0.2) is 0 Å². The van der Waals surface area contributed by atoms with Crippen LogP contribution in [0.1, 0.15) is 11.1 Å². The van der Waals surface area contributed by atoms with Crippen molar-refractivity contribution in [3.05, 3.63) is 70.2 Å². The van der Waals surface area contributed by atoms with Crippen molar-refractivity contribution in [2.45, 2.75) is 23.6 Å². The molecule has 2 rings (SSSR count). The van der Waals surface area contributed by atoms with E-state index in [0.717, 1.165) is 20.9 Å². The highest BCUT2D eigenvalue weighted by molar-refractivity contribution is 8.06. The summed E-state index contributed by atoms with van der Waals surface area (Å²) in [5.41, 5.74) is 2.26. The highest BCUT2D eigenvalue weighted by atomic mass is 32.2. The molecule has 3 heteroatoms. The van der Waals surface area contributed by atoms with Crippen LogP contribution in [0.3, 0.4) is 0 Å². The fourth-order valence-corrected chi connectivity index (χ4v) is 3.15. The van der Waals surface area contributed by atoms with Crippen molar-refractivity contribution in [2.24, 2.45) is 0 Å². The Morgan fingerprint density at radius 1 is 0.895 bits per heavy atom. The molecule has 0 radical (unpaired) electrons. The smallest absolute Gasteiger partial charge is 0.167 e. The summed E-state index contributed by atoms with van der Waals surface area (Å²) in [5, 5.41) is 1.39. The van der Waals surface area contributed by atoms with Gasteiger partial charge < -0.3 is 0 Å². The summed E-state index contributed by atoms with van der Waals surface area (Å²) in [6.07, 6.45) is 0. The molecule has 0 amide bonds. The van der Waals surface area contributed by atoms with Crippen molar-refractivity contribution < 1.29 is 4.39 Å². The number of halogens is 1. The minimum absolute atomic E-state index is 0.178. The molecule has 0 aromatic heterocycles. The third-order valence-corrected chi connectivity index (χ3v) is 4.85. The zero-order chi connectivity index (χ0) is 13.7. The van der Waals surface area contributed by atoms with Crippen molar-refractivity contribution in [3.8, 4) is 0 Å². The van der Waals surface area contributed by atoms with E-state index < -0.39 is 0 Å². The number of thioether (sulfide) groups is 2. The SMILES string of the molecule is Cc1ccccc1S/C=C(\F)Sc1ccccc1C. The summed E-state index contributed by atoms with van der Waals surface area (Å²) >= 11 is 2.59. The van der Waals surface area contributed by atoms with Crippen molar-refractivity contribution in [2.75, 3.05) is 0 Å². The summed E-state index contributed by atoms with van der Waals surface area (Å²) in [6, 6.07) is 15.8. The van der Waals surface area contributed by atoms with Crippen molar-refractivity contribution in [1.29, 1.82) is 0 Å². The van der Waals surface area contributed by atoms with Gasteiger partial charge in [-0.1, -0.05) is 59.9 Å². The molecule has 0 unspecified atom stereocenters. The quantitative estimate of drug-likeness (QED) is 0.637. The van der Waals surface area contributed by atoms with Gasteiger partial charge in [-0.2, -0.15) is 4.39 Å². The maximum atomic E-state index is 13.9. The summed E-state index contributed by atoms with van der Waals surface area (Å²) in [4.78, 5) is 2.05. The Balaban J connectivity index is 2.05. The molecule has 0 atom stereocenters. The zero-order valence-corrected chi connectivity index (χ0v) is 12.5. The fourth-order valence-electron chi connectivity index (χ4n) is 1.60. The molecule has 0 aliphatic carbocycles. The molecule has 0 saturated heterocycles. The summed E-state index contributed by atoms with van der Waals surface area (Å²) in [7, 11) is 0. The number of aryl methyl sites for hydroxylation is 2. The molecule has 0 fully saturated rings. The number of hydrogen-bond donors (Lipinski definition) is 0. The number of hydrogen-bond acceptors (Lipinski definition) is 2. The Morgan fingerprint density at radius 3 is 2.00 bits per heavy atom. The van der Waals surface area contributed by atoms with E-state index in [2.05, 4.69) is 0 Å². The Kier molecular flexibility index (Phi) is 5.11. The first kappa shape index (κ1) is 14.2. The van der Waals surface area contributed by atoms with Gasteiger partial charge in [-0.15, -0.1) is 0 Å². The van der Waals surface area contributed by atoms with Crippen LogP contribution in [0.15, 0.2) is 68.9 Å². The predicted molar refractivity (Wildman–Crippen MR) is 83.3 cm³/mol. The molecule has 98 valence electrons. The monoisotopic (exact) mass is 290 g/mol. The normalized spacial score (nSPS) is 11.6. The van der Waals surface area contributed by atoms with Crippen LogP contribution in [0.4, 0.5) is 4.39 Å². The van der Waals surface area contributed by atoms with Crippen molar-refractivity contribution in [1.82, 2.24) is 0 Å². The van der Waals surface area contributed by atoms with Crippen LogP contribution in [-0.4, -0.2) is 0 Å². The van der Waals surface area contributed by atoms with Crippen LogP contribution in [0, 0.1) is 13.8 Å². The van der Waals surface area contributed by atoms with E-state index in [-0.39, 0.29) is 5.16 Å². The van der Waals surface area contributed by atoms with Crippen LogP contribution in [0.25, 0.3) is 0 Å². The maximum absolute atomic E-state index is 13.9. The van der Waals surface area contributed by atoms with E-state index in [0.29, 0.717) is 0 Å². The second-order valence-corrected chi connectivity index (χ2v) is 6.12. The van der Waals surface area contributed by atoms with Gasteiger partial charge in [0.05, 0.1) is 0 Å². The number of rotatable bonds is 4. The van der Waals surface area contributed by atoms with Crippen LogP contribution >= 0.6 is 23.5 Å². The molecule has 0 aliphatic rings. The third kappa shape index (κ3) is 4.15. The van der Waals surface area contributed by atoms with Gasteiger partial charge in [0.1, 0.15) is 0 Å². The van der Waals surface area contributed by atoms with Gasteiger partial charge in [0.25, 0.3) is 0 Å². The average Bonchev–Trinajstić information content (AvgIpc) is 2.40. The summed E-state index contributed by atoms with van der Waals surface area (Å²) in [5.74, 6) is 0. The lowest BCUT2D eigenvalue weighted by atomic mass is 10.2. The average molecular weight is 290 g/mol. The first-order chi connectivity index (χ1) is 9.16. The van der Waals surface area contributed by atoms with E-state index in [1.165, 1.54) is 23.5 Å². The molecule has 0 aliphatic heterocycles. The predicted octanol–water partition coefficient (Wildman–Crippen LogP) is 5.96. The Labute approximate surface area is 122 Å². The minimum Gasteiger partial charge on any atom is -0.198 e. The van der Waals surface area contributed by atoms with E-state index >= 15 is 0 Å². The molecule has 0 saturated carbocycles. The van der Waals surface area contributed by atoms with Crippen LogP contribution in [0.5, 0.6) is 0 Å². The molecule has 19 heavy (non-hydrogen) atoms. The Morgan fingerprint density at radius 2 is 1.42 bits per heavy atom. The first-order valence-electron chi connectivity index (χ1n) is 5.98. The number of benzene rings is 2. The van der Waals surface area contributed by atoms with Gasteiger partial charge in [0, 0.05) is 15.2 Å². The molecule has 0 nitrogen and oxygen atoms in total. The largest absolute Gasteiger partial charge is 0.198 e. The third-order valence-electron chi connectivity index (χ3n) is 2.67. The fraction of sp³-hybridized carbons (Fsp3) is 0.125. The van der Waals surface area contributed by atoms with Crippen LogP contribution in [-0.2, 0) is 0 Å². The molecule has 0 bridgehead atoms. The van der Waals surface area contributed by atoms with Crippen LogP contribution < -0.4 is 0 Å². The zero-order valence-electron chi connectivity index (χ0n) is 10.9. The van der Waals surface area contributed by atoms with E-state index in [1.54, 1.807) is 5.41 Å². The summed E-state index contributed by atoms with van der Waals surface area (Å²) in [6.45, 7) is 4.02. The van der Waals surface area contributed by atoms with Gasteiger partial charge in [0.2, 0.25) is 0 Å². The van der Waals surface area contributed by atoms with Crippen molar-refractivity contribution >= 4 is 23.5 Å². The Hall–Kier alpha value is -1.19. The van der Waals surface area contributed by atoms with E-state index in [9.17, 15) is 4.39 Å². The lowest BCUT2D eigenvalue weighted by Gasteiger charge is -2.04. The van der Waals surface area contributed by atoms with Gasteiger partial charge in [-0.3, -0.25) is 0 Å². The van der Waals surface area contributed by atoms with E-state index in [4.69, 9.17) is 0 Å². The van der Waals surface area contributed by atoms with Crippen molar-refractivity contribution in [3.63, 3.8) is 0 Å². The summed E-state index contributed by atoms with van der Waals surface area (Å²) < 4.78 is 13.9. The Bertz CT molecular complexity index is 591.